The maximum atomic E-state index is 13.1. The molecule has 0 aliphatic carbocycles. The average molecular weight is 368 g/mol. The molecule has 0 radical (unpaired) electrons. The number of sulfonamides is 1. The lowest BCUT2D eigenvalue weighted by molar-refractivity contribution is 0.0821. The van der Waals surface area contributed by atoms with Crippen LogP contribution in [0.3, 0.4) is 0 Å². The lowest BCUT2D eigenvalue weighted by Crippen LogP contribution is -2.45. The minimum Gasteiger partial charge on any atom is -0.482 e. The molecule has 1 atom stereocenters. The molecule has 2 aromatic rings. The largest absolute Gasteiger partial charge is 0.482 e. The highest BCUT2D eigenvalue weighted by molar-refractivity contribution is 7.92. The number of hydrogen-bond acceptors (Lipinski definition) is 4. The first-order valence-corrected chi connectivity index (χ1v) is 9.29. The van der Waals surface area contributed by atoms with Gasteiger partial charge in [0, 0.05) is 7.11 Å². The van der Waals surface area contributed by atoms with Gasteiger partial charge in [0.25, 0.3) is 10.0 Å². The van der Waals surface area contributed by atoms with Gasteiger partial charge in [0.05, 0.1) is 28.8 Å². The molecule has 1 heterocycles. The summed E-state index contributed by atoms with van der Waals surface area (Å²) >= 11 is 6.20. The fraction of sp³-hybridized carbons (Fsp3) is 0.294. The van der Waals surface area contributed by atoms with Crippen LogP contribution in [0.15, 0.2) is 47.4 Å². The zero-order chi connectivity index (χ0) is 17.3. The number of halogens is 1. The van der Waals surface area contributed by atoms with Crippen molar-refractivity contribution < 1.29 is 17.9 Å². The monoisotopic (exact) mass is 367 g/mol. The van der Waals surface area contributed by atoms with Crippen molar-refractivity contribution in [2.45, 2.75) is 17.9 Å². The first-order chi connectivity index (χ1) is 11.4. The lowest BCUT2D eigenvalue weighted by atomic mass is 10.2. The van der Waals surface area contributed by atoms with Crippen LogP contribution in [0.2, 0.25) is 5.02 Å². The molecule has 5 nitrogen and oxygen atoms in total. The number of anilines is 1. The normalized spacial score (nSPS) is 17.3. The van der Waals surface area contributed by atoms with Gasteiger partial charge in [0.2, 0.25) is 0 Å². The van der Waals surface area contributed by atoms with Crippen LogP contribution in [0, 0.1) is 6.92 Å². The molecule has 0 aromatic heterocycles. The molecule has 0 saturated carbocycles. The van der Waals surface area contributed by atoms with Gasteiger partial charge in [-0.05, 0) is 31.2 Å². The fourth-order valence-corrected chi connectivity index (χ4v) is 4.35. The van der Waals surface area contributed by atoms with E-state index in [1.807, 2.05) is 6.92 Å². The second kappa shape index (κ2) is 6.63. The maximum absolute atomic E-state index is 13.1. The highest BCUT2D eigenvalue weighted by atomic mass is 35.5. The van der Waals surface area contributed by atoms with Gasteiger partial charge >= 0.3 is 0 Å². The number of methoxy groups -OCH3 is 1. The highest BCUT2D eigenvalue weighted by Gasteiger charge is 2.35. The van der Waals surface area contributed by atoms with Crippen molar-refractivity contribution in [1.29, 1.82) is 0 Å². The molecule has 2 aromatic carbocycles. The first kappa shape index (κ1) is 17.1. The van der Waals surface area contributed by atoms with E-state index in [0.717, 1.165) is 5.56 Å². The molecule has 0 fully saturated rings. The van der Waals surface area contributed by atoms with E-state index in [2.05, 4.69) is 0 Å². The van der Waals surface area contributed by atoms with Crippen LogP contribution < -0.4 is 9.04 Å². The second-order valence-electron chi connectivity index (χ2n) is 5.63. The van der Waals surface area contributed by atoms with E-state index in [1.165, 1.54) is 4.31 Å². The molecule has 3 rings (SSSR count). The van der Waals surface area contributed by atoms with E-state index in [-0.39, 0.29) is 18.0 Å². The van der Waals surface area contributed by atoms with Gasteiger partial charge in [0.15, 0.2) is 5.75 Å². The number of nitrogens with zero attached hydrogens (tertiary/aromatic N) is 1. The van der Waals surface area contributed by atoms with Gasteiger partial charge in [-0.3, -0.25) is 4.31 Å². The van der Waals surface area contributed by atoms with Crippen molar-refractivity contribution in [1.82, 2.24) is 0 Å². The summed E-state index contributed by atoms with van der Waals surface area (Å²) in [6, 6.07) is 11.8. The number of rotatable bonds is 4. The van der Waals surface area contributed by atoms with Crippen LogP contribution in [0.1, 0.15) is 5.56 Å². The molecule has 0 saturated heterocycles. The molecular weight excluding hydrogens is 350 g/mol. The third-order valence-electron chi connectivity index (χ3n) is 3.83. The van der Waals surface area contributed by atoms with Crippen LogP contribution in [0.4, 0.5) is 5.69 Å². The van der Waals surface area contributed by atoms with Crippen molar-refractivity contribution in [3.63, 3.8) is 0 Å². The fourth-order valence-electron chi connectivity index (χ4n) is 2.64. The van der Waals surface area contributed by atoms with Crippen LogP contribution >= 0.6 is 11.6 Å². The summed E-state index contributed by atoms with van der Waals surface area (Å²) < 4.78 is 38.5. The van der Waals surface area contributed by atoms with Crippen molar-refractivity contribution >= 4 is 27.3 Å². The van der Waals surface area contributed by atoms with Gasteiger partial charge in [-0.2, -0.15) is 0 Å². The van der Waals surface area contributed by atoms with Crippen molar-refractivity contribution in [2.24, 2.45) is 0 Å². The van der Waals surface area contributed by atoms with Crippen molar-refractivity contribution in [2.75, 3.05) is 24.6 Å². The molecule has 1 aliphatic heterocycles. The quantitative estimate of drug-likeness (QED) is 0.832. The van der Waals surface area contributed by atoms with Gasteiger partial charge in [-0.25, -0.2) is 8.42 Å². The zero-order valence-electron chi connectivity index (χ0n) is 13.4. The third kappa shape index (κ3) is 3.09. The van der Waals surface area contributed by atoms with Gasteiger partial charge in [-0.15, -0.1) is 0 Å². The predicted octanol–water partition coefficient (Wildman–Crippen LogP) is 3.25. The van der Waals surface area contributed by atoms with Crippen LogP contribution in [0.25, 0.3) is 0 Å². The van der Waals surface area contributed by atoms with E-state index < -0.39 is 16.1 Å². The van der Waals surface area contributed by atoms with Gasteiger partial charge in [0.1, 0.15) is 6.10 Å². The Morgan fingerprint density at radius 2 is 1.96 bits per heavy atom. The summed E-state index contributed by atoms with van der Waals surface area (Å²) in [7, 11) is -2.18. The Kier molecular flexibility index (Phi) is 4.71. The standard InChI is InChI=1S/C17H18ClNO4S/c1-12-6-8-14(9-7-12)24(20,21)19-10-13(11-22-2)23-17-15(18)4-3-5-16(17)19/h3-9,13H,10-11H2,1-2H3. The molecule has 7 heteroatoms. The first-order valence-electron chi connectivity index (χ1n) is 7.47. The highest BCUT2D eigenvalue weighted by Crippen LogP contribution is 2.41. The summed E-state index contributed by atoms with van der Waals surface area (Å²) in [4.78, 5) is 0.233. The second-order valence-corrected chi connectivity index (χ2v) is 7.90. The smallest absolute Gasteiger partial charge is 0.264 e. The van der Waals surface area contributed by atoms with Crippen molar-refractivity contribution in [3.05, 3.63) is 53.1 Å². The Bertz CT molecular complexity index is 836. The Labute approximate surface area is 146 Å². The molecule has 0 N–H and O–H groups in total. The molecule has 0 spiro atoms. The van der Waals surface area contributed by atoms with E-state index in [0.29, 0.717) is 16.5 Å². The van der Waals surface area contributed by atoms with E-state index >= 15 is 0 Å². The van der Waals surface area contributed by atoms with E-state index in [9.17, 15) is 8.42 Å². The third-order valence-corrected chi connectivity index (χ3v) is 5.92. The molecule has 128 valence electrons. The molecular formula is C17H18ClNO4S. The number of para-hydroxylation sites is 1. The van der Waals surface area contributed by atoms with Crippen LogP contribution in [0.5, 0.6) is 5.75 Å². The molecule has 24 heavy (non-hydrogen) atoms. The number of ether oxygens (including phenoxy) is 2. The summed E-state index contributed by atoms with van der Waals surface area (Å²) in [6.07, 6.45) is -0.428. The number of aryl methyl sites for hydroxylation is 1. The predicted molar refractivity (Wildman–Crippen MR) is 93.5 cm³/mol. The average Bonchev–Trinajstić information content (AvgIpc) is 2.56. The Balaban J connectivity index is 2.09. The zero-order valence-corrected chi connectivity index (χ0v) is 15.0. The maximum Gasteiger partial charge on any atom is 0.264 e. The number of fused-ring (bicyclic) bond motifs is 1. The molecule has 1 unspecified atom stereocenters. The summed E-state index contributed by atoms with van der Waals surface area (Å²) in [5.41, 5.74) is 1.44. The number of hydrogen-bond donors (Lipinski definition) is 0. The Morgan fingerprint density at radius 1 is 1.25 bits per heavy atom. The summed E-state index contributed by atoms with van der Waals surface area (Å²) in [5, 5.41) is 0.373. The molecule has 1 aliphatic rings. The Hall–Kier alpha value is -1.76. The van der Waals surface area contributed by atoms with Crippen LogP contribution in [-0.4, -0.2) is 34.8 Å². The van der Waals surface area contributed by atoms with Gasteiger partial charge < -0.3 is 9.47 Å². The van der Waals surface area contributed by atoms with E-state index in [4.69, 9.17) is 21.1 Å². The van der Waals surface area contributed by atoms with Crippen LogP contribution in [-0.2, 0) is 14.8 Å². The molecule has 0 bridgehead atoms. The SMILES string of the molecule is COCC1CN(S(=O)(=O)c2ccc(C)cc2)c2cccc(Cl)c2O1. The van der Waals surface area contributed by atoms with Crippen molar-refractivity contribution in [3.8, 4) is 5.75 Å². The number of benzene rings is 2. The van der Waals surface area contributed by atoms with E-state index in [1.54, 1.807) is 49.6 Å². The minimum absolute atomic E-state index is 0.164. The summed E-state index contributed by atoms with van der Waals surface area (Å²) in [6.45, 7) is 2.34. The topological polar surface area (TPSA) is 55.8 Å². The lowest BCUT2D eigenvalue weighted by Gasteiger charge is -2.35. The summed E-state index contributed by atoms with van der Waals surface area (Å²) in [5.74, 6) is 0.364. The Morgan fingerprint density at radius 3 is 2.62 bits per heavy atom. The molecule has 0 amide bonds. The minimum atomic E-state index is -3.72. The van der Waals surface area contributed by atoms with Gasteiger partial charge in [-0.1, -0.05) is 35.4 Å².